The Morgan fingerprint density at radius 3 is 2.82 bits per heavy atom. The van der Waals surface area contributed by atoms with E-state index in [1.54, 1.807) is 0 Å². The maximum absolute atomic E-state index is 8.05. The van der Waals surface area contributed by atoms with Crippen LogP contribution in [0.25, 0.3) is 10.4 Å². The third kappa shape index (κ3) is 1.75. The van der Waals surface area contributed by atoms with Crippen molar-refractivity contribution in [3.05, 3.63) is 33.6 Å². The Morgan fingerprint density at radius 1 is 1.64 bits per heavy atom. The molecule has 0 radical (unpaired) electrons. The minimum absolute atomic E-state index is 0.375. The molecule has 1 rings (SSSR count). The topological polar surface area (TPSA) is 61.9 Å². The largest absolute Gasteiger partial charge is 0.466 e. The number of hydrogen-bond acceptors (Lipinski definition) is 2. The van der Waals surface area contributed by atoms with E-state index < -0.39 is 0 Å². The Labute approximate surface area is 64.5 Å². The van der Waals surface area contributed by atoms with E-state index in [2.05, 4.69) is 10.0 Å². The molecule has 0 spiro atoms. The van der Waals surface area contributed by atoms with Gasteiger partial charge in [-0.3, -0.25) is 0 Å². The fourth-order valence-corrected chi connectivity index (χ4v) is 0.948. The summed E-state index contributed by atoms with van der Waals surface area (Å²) in [5.41, 5.74) is 9.01. The second-order valence-corrected chi connectivity index (χ2v) is 2.33. The Morgan fingerprint density at radius 2 is 2.36 bits per heavy atom. The molecule has 0 saturated heterocycles. The quantitative estimate of drug-likeness (QED) is 0.364. The highest BCUT2D eigenvalue weighted by molar-refractivity contribution is 5.19. The van der Waals surface area contributed by atoms with Crippen LogP contribution in [0, 0.1) is 13.8 Å². The highest BCUT2D eigenvalue weighted by Gasteiger charge is 2.01. The van der Waals surface area contributed by atoms with Crippen LogP contribution in [0.3, 0.4) is 0 Å². The van der Waals surface area contributed by atoms with Gasteiger partial charge in [0.1, 0.15) is 11.5 Å². The van der Waals surface area contributed by atoms with Crippen molar-refractivity contribution in [3.63, 3.8) is 0 Å². The molecule has 0 atom stereocenters. The number of furan rings is 1. The van der Waals surface area contributed by atoms with Crippen molar-refractivity contribution >= 4 is 0 Å². The van der Waals surface area contributed by atoms with E-state index in [4.69, 9.17) is 9.95 Å². The average molecular weight is 151 g/mol. The molecule has 0 amide bonds. The molecule has 1 aromatic heterocycles. The maximum Gasteiger partial charge on any atom is 0.104 e. The van der Waals surface area contributed by atoms with Crippen molar-refractivity contribution in [2.75, 3.05) is 0 Å². The number of rotatable bonds is 2. The first kappa shape index (κ1) is 7.69. The molecule has 4 heteroatoms. The molecule has 0 N–H and O–H groups in total. The first-order valence-corrected chi connectivity index (χ1v) is 3.31. The summed E-state index contributed by atoms with van der Waals surface area (Å²) in [4.78, 5) is 2.66. The van der Waals surface area contributed by atoms with Crippen LogP contribution in [0.2, 0.25) is 0 Å². The summed E-state index contributed by atoms with van der Waals surface area (Å²) >= 11 is 0. The van der Waals surface area contributed by atoms with Gasteiger partial charge in [-0.2, -0.15) is 0 Å². The van der Waals surface area contributed by atoms with Crippen molar-refractivity contribution in [2.24, 2.45) is 5.11 Å². The molecule has 1 aromatic rings. The van der Waals surface area contributed by atoms with Crippen LogP contribution in [0.1, 0.15) is 17.1 Å². The molecule has 4 nitrogen and oxygen atoms in total. The molecule has 1 heterocycles. The molecule has 0 aliphatic heterocycles. The average Bonchev–Trinajstić information content (AvgIpc) is 2.26. The zero-order chi connectivity index (χ0) is 8.27. The summed E-state index contributed by atoms with van der Waals surface area (Å²) in [5, 5.41) is 3.44. The highest BCUT2D eigenvalue weighted by Crippen LogP contribution is 2.14. The molecule has 58 valence electrons. The van der Waals surface area contributed by atoms with Crippen molar-refractivity contribution in [1.29, 1.82) is 0 Å². The normalized spacial score (nSPS) is 9.27. The van der Waals surface area contributed by atoms with Gasteiger partial charge in [0.15, 0.2) is 0 Å². The van der Waals surface area contributed by atoms with Gasteiger partial charge in [-0.25, -0.2) is 0 Å². The van der Waals surface area contributed by atoms with Crippen LogP contribution in [0.5, 0.6) is 0 Å². The van der Waals surface area contributed by atoms with E-state index in [-0.39, 0.29) is 0 Å². The van der Waals surface area contributed by atoms with E-state index in [0.717, 1.165) is 17.1 Å². The van der Waals surface area contributed by atoms with Crippen molar-refractivity contribution in [1.82, 2.24) is 0 Å². The zero-order valence-corrected chi connectivity index (χ0v) is 6.53. The van der Waals surface area contributed by atoms with Crippen molar-refractivity contribution in [2.45, 2.75) is 20.4 Å². The SMILES string of the molecule is Cc1cc(CN=[N+]=[N-])c(C)o1. The number of azide groups is 1. The number of nitrogens with zero attached hydrogens (tertiary/aromatic N) is 3. The first-order chi connectivity index (χ1) is 5.24. The van der Waals surface area contributed by atoms with Gasteiger partial charge in [-0.05, 0) is 31.0 Å². The molecular formula is C7H9N3O. The van der Waals surface area contributed by atoms with E-state index >= 15 is 0 Å². The van der Waals surface area contributed by atoms with Gasteiger partial charge in [0.2, 0.25) is 0 Å². The minimum Gasteiger partial charge on any atom is -0.466 e. The van der Waals surface area contributed by atoms with Crippen LogP contribution < -0.4 is 0 Å². The van der Waals surface area contributed by atoms with Crippen LogP contribution in [0.4, 0.5) is 0 Å². The number of aryl methyl sites for hydroxylation is 2. The smallest absolute Gasteiger partial charge is 0.104 e. The molecular weight excluding hydrogens is 142 g/mol. The van der Waals surface area contributed by atoms with Crippen molar-refractivity contribution < 1.29 is 4.42 Å². The second-order valence-electron chi connectivity index (χ2n) is 2.33. The summed E-state index contributed by atoms with van der Waals surface area (Å²) < 4.78 is 5.23. The molecule has 0 aromatic carbocycles. The summed E-state index contributed by atoms with van der Waals surface area (Å²) in [6.45, 7) is 4.10. The molecule has 0 saturated carbocycles. The second kappa shape index (κ2) is 3.12. The highest BCUT2D eigenvalue weighted by atomic mass is 16.3. The standard InChI is InChI=1S/C7H9N3O/c1-5-3-7(4-9-10-8)6(2)11-5/h3H,4H2,1-2H3. The Bertz CT molecular complexity index is 297. The Balaban J connectivity index is 2.85. The van der Waals surface area contributed by atoms with Crippen LogP contribution in [0.15, 0.2) is 15.6 Å². The molecule has 0 bridgehead atoms. The lowest BCUT2D eigenvalue weighted by Gasteiger charge is -1.87. The third-order valence-corrected chi connectivity index (χ3v) is 1.45. The predicted octanol–water partition coefficient (Wildman–Crippen LogP) is 2.71. The molecule has 0 unspecified atom stereocenters. The Kier molecular flexibility index (Phi) is 2.18. The van der Waals surface area contributed by atoms with E-state index in [9.17, 15) is 0 Å². The van der Waals surface area contributed by atoms with E-state index in [1.165, 1.54) is 0 Å². The summed E-state index contributed by atoms with van der Waals surface area (Å²) in [5.74, 6) is 1.68. The van der Waals surface area contributed by atoms with Crippen LogP contribution in [-0.2, 0) is 6.54 Å². The third-order valence-electron chi connectivity index (χ3n) is 1.45. The van der Waals surface area contributed by atoms with E-state index in [1.807, 2.05) is 19.9 Å². The summed E-state index contributed by atoms with van der Waals surface area (Å²) in [7, 11) is 0. The van der Waals surface area contributed by atoms with Gasteiger partial charge in [-0.15, -0.1) is 0 Å². The van der Waals surface area contributed by atoms with Crippen molar-refractivity contribution in [3.8, 4) is 0 Å². The summed E-state index contributed by atoms with van der Waals surface area (Å²) in [6, 6.07) is 1.88. The van der Waals surface area contributed by atoms with Gasteiger partial charge < -0.3 is 4.42 Å². The number of hydrogen-bond donors (Lipinski definition) is 0. The molecule has 11 heavy (non-hydrogen) atoms. The van der Waals surface area contributed by atoms with Gasteiger partial charge in [-0.1, -0.05) is 5.11 Å². The van der Waals surface area contributed by atoms with Gasteiger partial charge in [0.05, 0.1) is 6.54 Å². The minimum atomic E-state index is 0.375. The maximum atomic E-state index is 8.05. The molecule has 0 fully saturated rings. The molecule has 0 aliphatic rings. The van der Waals surface area contributed by atoms with Crippen LogP contribution >= 0.6 is 0 Å². The van der Waals surface area contributed by atoms with Gasteiger partial charge in [0.25, 0.3) is 0 Å². The lowest BCUT2D eigenvalue weighted by atomic mass is 10.2. The zero-order valence-electron chi connectivity index (χ0n) is 6.53. The molecule has 0 aliphatic carbocycles. The van der Waals surface area contributed by atoms with E-state index in [0.29, 0.717) is 6.54 Å². The fraction of sp³-hybridized carbons (Fsp3) is 0.429. The Hall–Kier alpha value is -1.41. The lowest BCUT2D eigenvalue weighted by Crippen LogP contribution is -1.77. The first-order valence-electron chi connectivity index (χ1n) is 3.31. The predicted molar refractivity (Wildman–Crippen MR) is 41.0 cm³/mol. The van der Waals surface area contributed by atoms with Gasteiger partial charge in [0, 0.05) is 4.91 Å². The fourth-order valence-electron chi connectivity index (χ4n) is 0.948. The summed E-state index contributed by atoms with van der Waals surface area (Å²) in [6.07, 6.45) is 0. The van der Waals surface area contributed by atoms with Crippen LogP contribution in [-0.4, -0.2) is 0 Å². The lowest BCUT2D eigenvalue weighted by molar-refractivity contribution is 0.501. The van der Waals surface area contributed by atoms with Gasteiger partial charge >= 0.3 is 0 Å². The monoisotopic (exact) mass is 151 g/mol.